The van der Waals surface area contributed by atoms with Gasteiger partial charge in [0, 0.05) is 19.6 Å². The van der Waals surface area contributed by atoms with Gasteiger partial charge in [0.05, 0.1) is 35.6 Å². The van der Waals surface area contributed by atoms with Gasteiger partial charge < -0.3 is 24.5 Å². The fourth-order valence-electron chi connectivity index (χ4n) is 7.94. The quantitative estimate of drug-likeness (QED) is 0.390. The van der Waals surface area contributed by atoms with Gasteiger partial charge >= 0.3 is 0 Å². The van der Waals surface area contributed by atoms with Crippen molar-refractivity contribution in [3.8, 4) is 0 Å². The van der Waals surface area contributed by atoms with E-state index in [0.717, 1.165) is 11.9 Å². The minimum absolute atomic E-state index is 0.101. The Hall–Kier alpha value is -4.35. The fourth-order valence-corrected chi connectivity index (χ4v) is 7.94. The molecule has 4 aliphatic heterocycles. The summed E-state index contributed by atoms with van der Waals surface area (Å²) in [6.45, 7) is 4.91. The number of hydrogen-bond acceptors (Lipinski definition) is 7. The summed E-state index contributed by atoms with van der Waals surface area (Å²) in [6.07, 6.45) is 8.83. The zero-order chi connectivity index (χ0) is 31.3. The molecule has 1 N–H and O–H groups in total. The van der Waals surface area contributed by atoms with Crippen LogP contribution in [0, 0.1) is 11.8 Å². The van der Waals surface area contributed by atoms with Gasteiger partial charge in [0.2, 0.25) is 11.8 Å². The third-order valence-electron chi connectivity index (χ3n) is 9.96. The number of nitrogens with zero attached hydrogens (tertiary/aromatic N) is 6. The highest BCUT2D eigenvalue weighted by Crippen LogP contribution is 2.59. The van der Waals surface area contributed by atoms with E-state index in [4.69, 9.17) is 4.74 Å². The summed E-state index contributed by atoms with van der Waals surface area (Å²) in [5, 5.41) is 19.4. The molecule has 11 nitrogen and oxygen atoms in total. The zero-order valence-corrected chi connectivity index (χ0v) is 25.5. The van der Waals surface area contributed by atoms with Gasteiger partial charge in [0.15, 0.2) is 0 Å². The molecule has 2 aromatic carbocycles. The predicted octanol–water partition coefficient (Wildman–Crippen LogP) is 2.69. The zero-order valence-electron chi connectivity index (χ0n) is 25.5. The summed E-state index contributed by atoms with van der Waals surface area (Å²) < 4.78 is 8.75. The Bertz CT molecular complexity index is 1690. The lowest BCUT2D eigenvalue weighted by Crippen LogP contribution is -2.57. The third-order valence-corrected chi connectivity index (χ3v) is 9.96. The molecule has 3 aromatic rings. The summed E-state index contributed by atoms with van der Waals surface area (Å²) in [5.41, 5.74) is -0.308. The molecule has 45 heavy (non-hydrogen) atoms. The maximum absolute atomic E-state index is 14.9. The number of para-hydroxylation sites is 1. The van der Waals surface area contributed by atoms with Crippen molar-refractivity contribution in [2.45, 2.75) is 56.6 Å². The number of likely N-dealkylation sites (tertiary alicyclic amines) is 1. The number of rotatable bonds is 8. The number of fused-ring (bicyclic) bond motifs is 3. The standard InChI is InChI=1S/C34H38N6O5/c1-3-18-37-19-10-16-33(4-2)27(30(37)42)28-31(43)40(26(21-41)23-12-6-5-7-13-23)29-32(44)38(20-11-17-34(28,29)45-33)22-39-25-15-9-8-14-24(25)35-36-39/h5-17,26-29,41H,3-4,18-22H2,1-2H3/t26-,27-,28+,29?,33+,34+/m1/s1. The lowest BCUT2D eigenvalue weighted by atomic mass is 9.73. The molecule has 1 aromatic heterocycles. The number of ether oxygens (including phenoxy) is 1. The minimum atomic E-state index is -1.43. The van der Waals surface area contributed by atoms with E-state index >= 15 is 0 Å². The van der Waals surface area contributed by atoms with Gasteiger partial charge in [-0.3, -0.25) is 14.4 Å². The summed E-state index contributed by atoms with van der Waals surface area (Å²) in [4.78, 5) is 49.1. The van der Waals surface area contributed by atoms with E-state index in [-0.39, 0.29) is 30.9 Å². The van der Waals surface area contributed by atoms with Gasteiger partial charge in [-0.25, -0.2) is 4.68 Å². The molecule has 1 spiro atoms. The van der Waals surface area contributed by atoms with Gasteiger partial charge in [-0.1, -0.05) is 85.8 Å². The van der Waals surface area contributed by atoms with Crippen molar-refractivity contribution in [3.05, 3.63) is 84.5 Å². The first kappa shape index (κ1) is 29.4. The maximum Gasteiger partial charge on any atom is 0.250 e. The fraction of sp³-hybridized carbons (Fsp3) is 0.441. The third kappa shape index (κ3) is 4.35. The second kappa shape index (κ2) is 11.2. The number of benzene rings is 2. The molecule has 7 rings (SSSR count). The molecule has 0 radical (unpaired) electrons. The van der Waals surface area contributed by atoms with Crippen LogP contribution in [0.15, 0.2) is 78.9 Å². The van der Waals surface area contributed by atoms with E-state index in [0.29, 0.717) is 30.6 Å². The molecule has 4 aliphatic rings. The van der Waals surface area contributed by atoms with Crippen LogP contribution in [0.3, 0.4) is 0 Å². The lowest BCUT2D eigenvalue weighted by molar-refractivity contribution is -0.158. The molecule has 0 saturated carbocycles. The Morgan fingerprint density at radius 1 is 0.911 bits per heavy atom. The Balaban J connectivity index is 1.37. The number of aliphatic hydroxyl groups is 1. The van der Waals surface area contributed by atoms with Crippen LogP contribution in [-0.2, 0) is 25.8 Å². The molecule has 3 amide bonds. The van der Waals surface area contributed by atoms with Crippen LogP contribution in [0.2, 0.25) is 0 Å². The second-order valence-electron chi connectivity index (χ2n) is 12.3. The molecule has 5 heterocycles. The second-order valence-corrected chi connectivity index (χ2v) is 12.3. The van der Waals surface area contributed by atoms with Gasteiger partial charge in [0.1, 0.15) is 23.8 Å². The summed E-state index contributed by atoms with van der Waals surface area (Å²) >= 11 is 0. The SMILES string of the molecule is CCCN1CC=C[C@]2(CC)O[C@]34C=CCN(Cn5nnc6ccccc65)C(=O)C3N([C@H](CO)c3ccccc3)C(=O)[C@@H]4[C@@H]2C1=O. The Morgan fingerprint density at radius 3 is 2.40 bits per heavy atom. The molecule has 1 unspecified atom stereocenters. The summed E-state index contributed by atoms with van der Waals surface area (Å²) in [6, 6.07) is 14.8. The van der Waals surface area contributed by atoms with Crippen molar-refractivity contribution < 1.29 is 24.2 Å². The number of aromatic nitrogens is 3. The Morgan fingerprint density at radius 2 is 1.64 bits per heavy atom. The average molecular weight is 611 g/mol. The van der Waals surface area contributed by atoms with E-state index < -0.39 is 41.7 Å². The van der Waals surface area contributed by atoms with Crippen LogP contribution >= 0.6 is 0 Å². The van der Waals surface area contributed by atoms with Gasteiger partial charge in [0.25, 0.3) is 5.91 Å². The van der Waals surface area contributed by atoms with E-state index in [9.17, 15) is 19.5 Å². The molecule has 0 aliphatic carbocycles. The van der Waals surface area contributed by atoms with Gasteiger partial charge in [-0.15, -0.1) is 5.10 Å². The van der Waals surface area contributed by atoms with Crippen molar-refractivity contribution in [3.63, 3.8) is 0 Å². The number of aliphatic hydroxyl groups excluding tert-OH is 1. The van der Waals surface area contributed by atoms with Crippen LogP contribution in [0.5, 0.6) is 0 Å². The van der Waals surface area contributed by atoms with Crippen molar-refractivity contribution in [2.24, 2.45) is 11.8 Å². The molecule has 234 valence electrons. The first-order valence-electron chi connectivity index (χ1n) is 15.8. The predicted molar refractivity (Wildman–Crippen MR) is 165 cm³/mol. The number of carbonyl (C=O) groups is 3. The van der Waals surface area contributed by atoms with E-state index in [1.54, 1.807) is 14.5 Å². The van der Waals surface area contributed by atoms with Crippen LogP contribution < -0.4 is 0 Å². The van der Waals surface area contributed by atoms with Crippen molar-refractivity contribution in [2.75, 3.05) is 26.2 Å². The normalized spacial score (nSPS) is 30.0. The first-order chi connectivity index (χ1) is 21.9. The number of amides is 3. The highest BCUT2D eigenvalue weighted by molar-refractivity contribution is 6.00. The summed E-state index contributed by atoms with van der Waals surface area (Å²) in [7, 11) is 0. The maximum atomic E-state index is 14.9. The monoisotopic (exact) mass is 610 g/mol. The number of hydrogen-bond donors (Lipinski definition) is 1. The molecule has 0 bridgehead atoms. The van der Waals surface area contributed by atoms with Gasteiger partial charge in [-0.2, -0.15) is 0 Å². The van der Waals surface area contributed by atoms with E-state index in [1.807, 2.05) is 92.7 Å². The van der Waals surface area contributed by atoms with Crippen LogP contribution in [-0.4, -0.2) is 96.0 Å². The Kier molecular flexibility index (Phi) is 7.32. The minimum Gasteiger partial charge on any atom is -0.394 e. The smallest absolute Gasteiger partial charge is 0.250 e. The van der Waals surface area contributed by atoms with Crippen molar-refractivity contribution >= 4 is 28.8 Å². The highest BCUT2D eigenvalue weighted by atomic mass is 16.5. The number of carbonyl (C=O) groups excluding carboxylic acids is 3. The molecular formula is C34H38N6O5. The molecule has 6 atom stereocenters. The van der Waals surface area contributed by atoms with E-state index in [2.05, 4.69) is 10.3 Å². The van der Waals surface area contributed by atoms with Crippen LogP contribution in [0.4, 0.5) is 0 Å². The van der Waals surface area contributed by atoms with Crippen LogP contribution in [0.25, 0.3) is 11.0 Å². The van der Waals surface area contributed by atoms with Gasteiger partial charge in [-0.05, 0) is 30.5 Å². The average Bonchev–Trinajstić information content (AvgIpc) is 3.60. The van der Waals surface area contributed by atoms with Crippen LogP contribution in [0.1, 0.15) is 38.3 Å². The highest BCUT2D eigenvalue weighted by Gasteiger charge is 2.76. The Labute approximate surface area is 261 Å². The summed E-state index contributed by atoms with van der Waals surface area (Å²) in [5.74, 6) is -2.63. The molecule has 11 heteroatoms. The lowest BCUT2D eigenvalue weighted by Gasteiger charge is -2.40. The largest absolute Gasteiger partial charge is 0.394 e. The molecule has 2 saturated heterocycles. The molecular weight excluding hydrogens is 572 g/mol. The molecule has 2 fully saturated rings. The first-order valence-corrected chi connectivity index (χ1v) is 15.8. The van der Waals surface area contributed by atoms with Crippen molar-refractivity contribution in [1.29, 1.82) is 0 Å². The van der Waals surface area contributed by atoms with E-state index in [1.165, 1.54) is 4.90 Å². The topological polar surface area (TPSA) is 121 Å². The van der Waals surface area contributed by atoms with Crippen molar-refractivity contribution in [1.82, 2.24) is 29.7 Å².